The number of amidine groups is 1. The number of nitrogen functional groups attached to an aromatic ring is 1. The number of hydrazone groups is 1. The van der Waals surface area contributed by atoms with Crippen molar-refractivity contribution in [3.05, 3.63) is 53.5 Å². The van der Waals surface area contributed by atoms with Crippen molar-refractivity contribution in [2.24, 2.45) is 16.8 Å². The lowest BCUT2D eigenvalue weighted by atomic mass is 9.99. The molecule has 2 rings (SSSR count). The Labute approximate surface area is 170 Å². The standard InChI is InChI=1S/C20H28FN7O/c1-4-5-17(21)10-13(2)28(24)20(26-23)18-11-16(12-25-19(18)22)15-6-8-27(9-7-15)14(3)29/h4-6,10-13H,7-9,23-24H2,1-3H3,(H2,22,25)/b5-4-,17-10+,26-20-. The Kier molecular flexibility index (Phi) is 7.49. The molecule has 1 aromatic rings. The lowest BCUT2D eigenvalue weighted by Crippen LogP contribution is -2.44. The summed E-state index contributed by atoms with van der Waals surface area (Å²) in [4.78, 5) is 17.5. The highest BCUT2D eigenvalue weighted by molar-refractivity contribution is 6.02. The van der Waals surface area contributed by atoms with Crippen LogP contribution in [0.3, 0.4) is 0 Å². The first-order chi connectivity index (χ1) is 13.8. The Morgan fingerprint density at radius 3 is 2.76 bits per heavy atom. The van der Waals surface area contributed by atoms with Gasteiger partial charge in [0.25, 0.3) is 0 Å². The minimum absolute atomic E-state index is 0.0416. The number of allylic oxidation sites excluding steroid dienone is 3. The molecule has 156 valence electrons. The summed E-state index contributed by atoms with van der Waals surface area (Å²) in [6.07, 6.45) is 8.61. The lowest BCUT2D eigenvalue weighted by Gasteiger charge is -2.27. The number of amides is 1. The van der Waals surface area contributed by atoms with Crippen molar-refractivity contribution >= 4 is 23.1 Å². The van der Waals surface area contributed by atoms with Crippen molar-refractivity contribution in [2.45, 2.75) is 33.2 Å². The molecule has 0 saturated heterocycles. The number of halogens is 1. The summed E-state index contributed by atoms with van der Waals surface area (Å²) < 4.78 is 13.8. The van der Waals surface area contributed by atoms with Gasteiger partial charge < -0.3 is 16.5 Å². The highest BCUT2D eigenvalue weighted by Gasteiger charge is 2.21. The fraction of sp³-hybridized carbons (Fsp3) is 0.350. The number of rotatable bonds is 5. The molecule has 1 aromatic heterocycles. The molecule has 2 heterocycles. The smallest absolute Gasteiger partial charge is 0.219 e. The van der Waals surface area contributed by atoms with Crippen LogP contribution in [0, 0.1) is 0 Å². The van der Waals surface area contributed by atoms with Crippen LogP contribution in [-0.2, 0) is 4.79 Å². The lowest BCUT2D eigenvalue weighted by molar-refractivity contribution is -0.128. The van der Waals surface area contributed by atoms with Crippen molar-refractivity contribution in [2.75, 3.05) is 18.8 Å². The maximum Gasteiger partial charge on any atom is 0.219 e. The Morgan fingerprint density at radius 1 is 1.48 bits per heavy atom. The molecule has 1 aliphatic heterocycles. The Balaban J connectivity index is 2.32. The van der Waals surface area contributed by atoms with Crippen molar-refractivity contribution in [1.82, 2.24) is 14.9 Å². The zero-order chi connectivity index (χ0) is 21.6. The maximum atomic E-state index is 13.8. The largest absolute Gasteiger partial charge is 0.383 e. The van der Waals surface area contributed by atoms with Crippen molar-refractivity contribution < 1.29 is 9.18 Å². The molecule has 6 N–H and O–H groups in total. The number of nitrogens with zero attached hydrogens (tertiary/aromatic N) is 4. The molecule has 29 heavy (non-hydrogen) atoms. The molecular formula is C20H28FN7O. The van der Waals surface area contributed by atoms with Crippen molar-refractivity contribution in [3.8, 4) is 0 Å². The van der Waals surface area contributed by atoms with E-state index in [1.54, 1.807) is 37.9 Å². The molecule has 0 bridgehead atoms. The molecule has 1 aliphatic rings. The summed E-state index contributed by atoms with van der Waals surface area (Å²) in [5.41, 5.74) is 8.38. The first-order valence-corrected chi connectivity index (χ1v) is 9.31. The fourth-order valence-electron chi connectivity index (χ4n) is 3.04. The second kappa shape index (κ2) is 9.83. The van der Waals surface area contributed by atoms with E-state index < -0.39 is 11.9 Å². The molecule has 0 aromatic carbocycles. The van der Waals surface area contributed by atoms with E-state index in [2.05, 4.69) is 10.1 Å². The third-order valence-corrected chi connectivity index (χ3v) is 4.72. The van der Waals surface area contributed by atoms with Crippen LogP contribution in [0.15, 0.2) is 47.5 Å². The van der Waals surface area contributed by atoms with Gasteiger partial charge in [-0.05, 0) is 49.6 Å². The summed E-state index contributed by atoms with van der Waals surface area (Å²) in [7, 11) is 0. The van der Waals surface area contributed by atoms with Gasteiger partial charge in [-0.1, -0.05) is 12.2 Å². The van der Waals surface area contributed by atoms with Gasteiger partial charge in [-0.2, -0.15) is 5.10 Å². The average molecular weight is 401 g/mol. The minimum Gasteiger partial charge on any atom is -0.383 e. The number of pyridine rings is 1. The van der Waals surface area contributed by atoms with Gasteiger partial charge in [-0.25, -0.2) is 15.2 Å². The van der Waals surface area contributed by atoms with Gasteiger partial charge in [-0.3, -0.25) is 9.80 Å². The van der Waals surface area contributed by atoms with Gasteiger partial charge in [-0.15, -0.1) is 0 Å². The monoisotopic (exact) mass is 401 g/mol. The number of carbonyl (C=O) groups is 1. The van der Waals surface area contributed by atoms with Crippen molar-refractivity contribution in [3.63, 3.8) is 0 Å². The molecule has 0 fully saturated rings. The topological polar surface area (TPSA) is 127 Å². The van der Waals surface area contributed by atoms with Crippen molar-refractivity contribution in [1.29, 1.82) is 0 Å². The molecule has 1 unspecified atom stereocenters. The second-order valence-electron chi connectivity index (χ2n) is 6.75. The van der Waals surface area contributed by atoms with Gasteiger partial charge >= 0.3 is 0 Å². The normalized spacial score (nSPS) is 16.7. The summed E-state index contributed by atoms with van der Waals surface area (Å²) >= 11 is 0. The van der Waals surface area contributed by atoms with Crippen LogP contribution in [-0.4, -0.2) is 45.8 Å². The zero-order valence-electron chi connectivity index (χ0n) is 17.0. The number of hydrogen-bond donors (Lipinski definition) is 3. The van der Waals surface area contributed by atoms with E-state index in [4.69, 9.17) is 17.4 Å². The highest BCUT2D eigenvalue weighted by Crippen LogP contribution is 2.25. The first-order valence-electron chi connectivity index (χ1n) is 9.31. The van der Waals surface area contributed by atoms with E-state index in [0.717, 1.165) is 11.1 Å². The van der Waals surface area contributed by atoms with Crippen LogP contribution in [0.4, 0.5) is 10.2 Å². The van der Waals surface area contributed by atoms with E-state index in [-0.39, 0.29) is 17.6 Å². The average Bonchev–Trinajstić information content (AvgIpc) is 2.70. The third-order valence-electron chi connectivity index (χ3n) is 4.72. The van der Waals surface area contributed by atoms with Gasteiger partial charge in [0.15, 0.2) is 5.84 Å². The molecule has 9 heteroatoms. The first kappa shape index (κ1) is 22.1. The maximum absolute atomic E-state index is 13.8. The summed E-state index contributed by atoms with van der Waals surface area (Å²) in [5, 5.41) is 5.01. The number of carbonyl (C=O) groups excluding carboxylic acids is 1. The van der Waals surface area contributed by atoms with Gasteiger partial charge in [0, 0.05) is 26.2 Å². The van der Waals surface area contributed by atoms with Crippen LogP contribution in [0.2, 0.25) is 0 Å². The molecule has 1 atom stereocenters. The zero-order valence-corrected chi connectivity index (χ0v) is 17.0. The van der Waals surface area contributed by atoms with E-state index in [1.165, 1.54) is 17.2 Å². The minimum atomic E-state index is -0.533. The molecule has 0 spiro atoms. The van der Waals surface area contributed by atoms with Crippen LogP contribution in [0.1, 0.15) is 38.3 Å². The van der Waals surface area contributed by atoms with E-state index in [1.807, 2.05) is 12.1 Å². The molecule has 8 nitrogen and oxygen atoms in total. The number of hydrogen-bond acceptors (Lipinski definition) is 6. The van der Waals surface area contributed by atoms with Gasteiger partial charge in [0.1, 0.15) is 11.6 Å². The van der Waals surface area contributed by atoms with Crippen LogP contribution in [0.25, 0.3) is 5.57 Å². The summed E-state index contributed by atoms with van der Waals surface area (Å²) in [6.45, 7) is 6.15. The number of hydrazine groups is 1. The van der Waals surface area contributed by atoms with Gasteiger partial charge in [0.05, 0.1) is 11.6 Å². The number of aromatic nitrogens is 1. The van der Waals surface area contributed by atoms with E-state index in [0.29, 0.717) is 25.1 Å². The third kappa shape index (κ3) is 5.41. The molecule has 0 radical (unpaired) electrons. The SMILES string of the molecule is C/C=C\C(F)=C/C(C)N(N)/C(=N\N)c1cc(C2=CCN(C(C)=O)CC2)cnc1N. The Hall–Kier alpha value is -3.20. The predicted molar refractivity (Wildman–Crippen MR) is 114 cm³/mol. The molecule has 0 aliphatic carbocycles. The summed E-state index contributed by atoms with van der Waals surface area (Å²) in [6, 6.07) is 1.27. The molecule has 0 saturated carbocycles. The highest BCUT2D eigenvalue weighted by atomic mass is 19.1. The Morgan fingerprint density at radius 2 is 2.21 bits per heavy atom. The quantitative estimate of drug-likeness (QED) is 0.227. The predicted octanol–water partition coefficient (Wildman–Crippen LogP) is 1.91. The number of anilines is 1. The van der Waals surface area contributed by atoms with Crippen LogP contribution >= 0.6 is 0 Å². The van der Waals surface area contributed by atoms with E-state index in [9.17, 15) is 9.18 Å². The van der Waals surface area contributed by atoms with Crippen LogP contribution in [0.5, 0.6) is 0 Å². The van der Waals surface area contributed by atoms with Gasteiger partial charge in [0.2, 0.25) is 5.91 Å². The fourth-order valence-corrected chi connectivity index (χ4v) is 3.04. The van der Waals surface area contributed by atoms with E-state index >= 15 is 0 Å². The number of nitrogens with two attached hydrogens (primary N) is 3. The molecular weight excluding hydrogens is 373 g/mol. The Bertz CT molecular complexity index is 876. The summed E-state index contributed by atoms with van der Waals surface area (Å²) in [5.74, 6) is 11.7. The van der Waals surface area contributed by atoms with Crippen LogP contribution < -0.4 is 17.4 Å². The second-order valence-corrected chi connectivity index (χ2v) is 6.75. The molecule has 1 amide bonds.